The van der Waals surface area contributed by atoms with Crippen molar-refractivity contribution in [1.29, 1.82) is 0 Å². The van der Waals surface area contributed by atoms with E-state index in [1.165, 1.54) is 18.2 Å². The summed E-state index contributed by atoms with van der Waals surface area (Å²) in [6.07, 6.45) is -5.70. The molecule has 0 aliphatic carbocycles. The highest BCUT2D eigenvalue weighted by molar-refractivity contribution is 5.66. The molecule has 5 nitrogen and oxygen atoms in total. The number of rotatable bonds is 2. The van der Waals surface area contributed by atoms with Gasteiger partial charge in [-0.25, -0.2) is 0 Å². The lowest BCUT2D eigenvalue weighted by molar-refractivity contribution is -0.128. The number of alkyl halides is 3. The number of phenols is 1. The summed E-state index contributed by atoms with van der Waals surface area (Å²) in [5.41, 5.74) is 5.86. The Morgan fingerprint density at radius 2 is 2.06 bits per heavy atom. The van der Waals surface area contributed by atoms with E-state index in [0.29, 0.717) is 5.69 Å². The van der Waals surface area contributed by atoms with Crippen molar-refractivity contribution in [2.24, 2.45) is 0 Å². The Bertz CT molecular complexity index is 566. The molecule has 0 radical (unpaired) electrons. The highest BCUT2D eigenvalue weighted by Crippen LogP contribution is 2.30. The molecule has 1 aromatic heterocycles. The van der Waals surface area contributed by atoms with E-state index in [4.69, 9.17) is 5.73 Å². The minimum Gasteiger partial charge on any atom is -0.507 e. The van der Waals surface area contributed by atoms with Crippen molar-refractivity contribution >= 4 is 5.69 Å². The van der Waals surface area contributed by atoms with Gasteiger partial charge in [-0.05, 0) is 12.1 Å². The maximum atomic E-state index is 12.1. The second-order valence-corrected chi connectivity index (χ2v) is 3.58. The van der Waals surface area contributed by atoms with Crippen LogP contribution in [0.1, 0.15) is 5.82 Å². The zero-order valence-electron chi connectivity index (χ0n) is 8.90. The average Bonchev–Trinajstić information content (AvgIpc) is 2.63. The molecule has 1 heterocycles. The van der Waals surface area contributed by atoms with Crippen molar-refractivity contribution in [3.8, 4) is 17.2 Å². The van der Waals surface area contributed by atoms with Gasteiger partial charge in [0.2, 0.25) is 0 Å². The maximum absolute atomic E-state index is 12.1. The molecule has 0 fully saturated rings. The number of anilines is 1. The van der Waals surface area contributed by atoms with Crippen LogP contribution in [0, 0.1) is 0 Å². The van der Waals surface area contributed by atoms with E-state index in [2.05, 4.69) is 14.7 Å². The summed E-state index contributed by atoms with van der Waals surface area (Å²) in [6, 6.07) is 4.08. The first kappa shape index (κ1) is 12.2. The third kappa shape index (κ3) is 2.70. The number of hydrogen-bond donors (Lipinski definition) is 2. The minimum atomic E-state index is -4.41. The fourth-order valence-electron chi connectivity index (χ4n) is 1.34. The number of nitrogens with two attached hydrogens (primary N) is 1. The molecule has 0 spiro atoms. The molecule has 96 valence electrons. The van der Waals surface area contributed by atoms with Crippen LogP contribution >= 0.6 is 0 Å². The lowest BCUT2D eigenvalue weighted by Gasteiger charge is -2.00. The van der Waals surface area contributed by atoms with Gasteiger partial charge in [0.25, 0.3) is 5.89 Å². The first-order chi connectivity index (χ1) is 8.35. The number of aromatic hydroxyl groups is 1. The number of nitrogen functional groups attached to an aromatic ring is 1. The van der Waals surface area contributed by atoms with E-state index in [1.807, 2.05) is 0 Å². The lowest BCUT2D eigenvalue weighted by atomic mass is 10.2. The molecule has 0 bridgehead atoms. The molecule has 0 saturated heterocycles. The summed E-state index contributed by atoms with van der Waals surface area (Å²) in [4.78, 5) is 3.56. The molecular formula is C10H8F3N3O2. The normalized spacial score (nSPS) is 11.7. The zero-order chi connectivity index (χ0) is 13.3. The first-order valence-electron chi connectivity index (χ1n) is 4.83. The molecule has 2 rings (SSSR count). The summed E-state index contributed by atoms with van der Waals surface area (Å²) in [7, 11) is 0. The number of hydrogen-bond acceptors (Lipinski definition) is 5. The molecule has 2 aromatic rings. The Balaban J connectivity index is 2.29. The Morgan fingerprint density at radius 3 is 2.67 bits per heavy atom. The van der Waals surface area contributed by atoms with Crippen LogP contribution in [-0.4, -0.2) is 21.4 Å². The van der Waals surface area contributed by atoms with Crippen LogP contribution in [0.3, 0.4) is 0 Å². The maximum Gasteiger partial charge on any atom is 0.396 e. The summed E-state index contributed by atoms with van der Waals surface area (Å²) >= 11 is 0. The van der Waals surface area contributed by atoms with Crippen LogP contribution in [-0.2, 0) is 6.42 Å². The monoisotopic (exact) mass is 259 g/mol. The van der Waals surface area contributed by atoms with Gasteiger partial charge in [-0.2, -0.15) is 18.2 Å². The van der Waals surface area contributed by atoms with Gasteiger partial charge >= 0.3 is 6.18 Å². The van der Waals surface area contributed by atoms with Gasteiger partial charge in [0, 0.05) is 11.8 Å². The molecule has 1 aromatic carbocycles. The SMILES string of the molecule is Nc1ccc(-c2nc(CC(F)(F)F)no2)c(O)c1. The topological polar surface area (TPSA) is 85.2 Å². The van der Waals surface area contributed by atoms with E-state index in [1.54, 1.807) is 0 Å². The standard InChI is InChI=1S/C10H8F3N3O2/c11-10(12,13)4-8-15-9(18-16-8)6-2-1-5(14)3-7(6)17/h1-3,17H,4,14H2. The first-order valence-corrected chi connectivity index (χ1v) is 4.83. The molecule has 3 N–H and O–H groups in total. The quantitative estimate of drug-likeness (QED) is 0.807. The molecule has 0 aliphatic heterocycles. The van der Waals surface area contributed by atoms with Crippen molar-refractivity contribution < 1.29 is 22.8 Å². The van der Waals surface area contributed by atoms with Crippen LogP contribution < -0.4 is 5.73 Å². The molecule has 0 unspecified atom stereocenters. The van der Waals surface area contributed by atoms with E-state index >= 15 is 0 Å². The molecule has 0 atom stereocenters. The number of benzene rings is 1. The summed E-state index contributed by atoms with van der Waals surface area (Å²) in [5.74, 6) is -0.919. The van der Waals surface area contributed by atoms with Crippen molar-refractivity contribution in [2.75, 3.05) is 5.73 Å². The fourth-order valence-corrected chi connectivity index (χ4v) is 1.34. The average molecular weight is 259 g/mol. The summed E-state index contributed by atoms with van der Waals surface area (Å²) < 4.78 is 40.9. The predicted octanol–water partition coefficient (Wildman–Crippen LogP) is 2.13. The molecule has 8 heteroatoms. The molecule has 18 heavy (non-hydrogen) atoms. The third-order valence-electron chi connectivity index (χ3n) is 2.08. The van der Waals surface area contributed by atoms with E-state index < -0.39 is 18.4 Å². The van der Waals surface area contributed by atoms with Gasteiger partial charge in [-0.1, -0.05) is 5.16 Å². The van der Waals surface area contributed by atoms with Gasteiger partial charge in [0.15, 0.2) is 5.82 Å². The van der Waals surface area contributed by atoms with E-state index in [-0.39, 0.29) is 17.2 Å². The third-order valence-corrected chi connectivity index (χ3v) is 2.08. The van der Waals surface area contributed by atoms with Crippen molar-refractivity contribution in [1.82, 2.24) is 10.1 Å². The smallest absolute Gasteiger partial charge is 0.396 e. The molecular weight excluding hydrogens is 251 g/mol. The second-order valence-electron chi connectivity index (χ2n) is 3.58. The number of phenolic OH excluding ortho intramolecular Hbond substituents is 1. The number of aromatic nitrogens is 2. The van der Waals surface area contributed by atoms with Gasteiger partial charge in [-0.15, -0.1) is 0 Å². The zero-order valence-corrected chi connectivity index (χ0v) is 8.90. The Hall–Kier alpha value is -2.25. The van der Waals surface area contributed by atoms with Crippen LogP contribution in [0.2, 0.25) is 0 Å². The van der Waals surface area contributed by atoms with E-state index in [0.717, 1.165) is 0 Å². The van der Waals surface area contributed by atoms with Crippen molar-refractivity contribution in [3.05, 3.63) is 24.0 Å². The molecule has 0 saturated carbocycles. The highest BCUT2D eigenvalue weighted by atomic mass is 19.4. The summed E-state index contributed by atoms with van der Waals surface area (Å²) in [6.45, 7) is 0. The van der Waals surface area contributed by atoms with Crippen molar-refractivity contribution in [2.45, 2.75) is 12.6 Å². The molecule has 0 amide bonds. The van der Waals surface area contributed by atoms with Crippen LogP contribution in [0.25, 0.3) is 11.5 Å². The predicted molar refractivity (Wildman–Crippen MR) is 55.6 cm³/mol. The Morgan fingerprint density at radius 1 is 1.33 bits per heavy atom. The van der Waals surface area contributed by atoms with Crippen LogP contribution in [0.15, 0.2) is 22.7 Å². The minimum absolute atomic E-state index is 0.130. The largest absolute Gasteiger partial charge is 0.507 e. The number of nitrogens with zero attached hydrogens (tertiary/aromatic N) is 2. The van der Waals surface area contributed by atoms with Gasteiger partial charge in [0.1, 0.15) is 12.2 Å². The highest BCUT2D eigenvalue weighted by Gasteiger charge is 2.30. The number of halogens is 3. The summed E-state index contributed by atoms with van der Waals surface area (Å²) in [5, 5.41) is 12.7. The van der Waals surface area contributed by atoms with E-state index in [9.17, 15) is 18.3 Å². The van der Waals surface area contributed by atoms with Crippen LogP contribution in [0.5, 0.6) is 5.75 Å². The Labute approximate surface area is 99.0 Å². The molecule has 0 aliphatic rings. The lowest BCUT2D eigenvalue weighted by Crippen LogP contribution is -2.12. The van der Waals surface area contributed by atoms with Crippen molar-refractivity contribution in [3.63, 3.8) is 0 Å². The fraction of sp³-hybridized carbons (Fsp3) is 0.200. The van der Waals surface area contributed by atoms with Crippen LogP contribution in [0.4, 0.5) is 18.9 Å². The van der Waals surface area contributed by atoms with Gasteiger partial charge < -0.3 is 15.4 Å². The Kier molecular flexibility index (Phi) is 2.85. The van der Waals surface area contributed by atoms with Gasteiger partial charge in [-0.3, -0.25) is 0 Å². The van der Waals surface area contributed by atoms with Gasteiger partial charge in [0.05, 0.1) is 5.56 Å². The second kappa shape index (κ2) is 4.21.